The highest BCUT2D eigenvalue weighted by atomic mass is 19.1. The van der Waals surface area contributed by atoms with Gasteiger partial charge in [-0.15, -0.1) is 0 Å². The molecule has 0 heterocycles. The number of hydrogen-bond acceptors (Lipinski definition) is 0. The first-order valence-corrected chi connectivity index (χ1v) is 8.55. The van der Waals surface area contributed by atoms with E-state index >= 15 is 0 Å². The Kier molecular flexibility index (Phi) is 5.00. The maximum Gasteiger partial charge on any atom is 0.139 e. The summed E-state index contributed by atoms with van der Waals surface area (Å²) in [4.78, 5) is 0. The predicted octanol–water partition coefficient (Wildman–Crippen LogP) is 6.07. The van der Waals surface area contributed by atoms with Gasteiger partial charge >= 0.3 is 0 Å². The van der Waals surface area contributed by atoms with E-state index < -0.39 is 0 Å². The summed E-state index contributed by atoms with van der Waals surface area (Å²) < 4.78 is 14.2. The van der Waals surface area contributed by atoms with Crippen molar-refractivity contribution >= 4 is 0 Å². The second-order valence-electron chi connectivity index (χ2n) is 6.33. The molecule has 0 unspecified atom stereocenters. The Hall–Kier alpha value is -2.85. The highest BCUT2D eigenvalue weighted by molar-refractivity contribution is 5.64. The lowest BCUT2D eigenvalue weighted by atomic mass is 10.0. The summed E-state index contributed by atoms with van der Waals surface area (Å²) in [5.74, 6) is 5.88. The highest BCUT2D eigenvalue weighted by Crippen LogP contribution is 2.20. The summed E-state index contributed by atoms with van der Waals surface area (Å²) in [6.07, 6.45) is 0.773. The number of aryl methyl sites for hydroxylation is 3. The van der Waals surface area contributed by atoms with Crippen molar-refractivity contribution in [1.29, 1.82) is 0 Å². The lowest BCUT2D eigenvalue weighted by Gasteiger charge is -2.05. The van der Waals surface area contributed by atoms with E-state index in [0.717, 1.165) is 28.7 Å². The van der Waals surface area contributed by atoms with Crippen LogP contribution in [0.25, 0.3) is 11.1 Å². The molecule has 0 saturated heterocycles. The van der Waals surface area contributed by atoms with Crippen molar-refractivity contribution in [2.75, 3.05) is 0 Å². The van der Waals surface area contributed by atoms with Gasteiger partial charge in [0.25, 0.3) is 0 Å². The molecule has 0 spiro atoms. The summed E-state index contributed by atoms with van der Waals surface area (Å²) in [6, 6.07) is 20.1. The van der Waals surface area contributed by atoms with Crippen LogP contribution in [0.3, 0.4) is 0 Å². The Labute approximate surface area is 149 Å². The van der Waals surface area contributed by atoms with E-state index in [1.807, 2.05) is 32.0 Å². The van der Waals surface area contributed by atoms with Crippen LogP contribution in [0.2, 0.25) is 0 Å². The molecule has 3 rings (SSSR count). The van der Waals surface area contributed by atoms with Gasteiger partial charge in [-0.2, -0.15) is 0 Å². The molecule has 1 heteroatoms. The molecule has 124 valence electrons. The second-order valence-corrected chi connectivity index (χ2v) is 6.33. The maximum absolute atomic E-state index is 14.2. The summed E-state index contributed by atoms with van der Waals surface area (Å²) in [5, 5.41) is 0. The monoisotopic (exact) mass is 328 g/mol. The molecule has 0 aromatic heterocycles. The summed E-state index contributed by atoms with van der Waals surface area (Å²) >= 11 is 0. The van der Waals surface area contributed by atoms with Crippen molar-refractivity contribution in [2.45, 2.75) is 27.2 Å². The minimum atomic E-state index is -0.236. The molecule has 0 amide bonds. The van der Waals surface area contributed by atoms with Crippen molar-refractivity contribution in [3.8, 4) is 23.0 Å². The van der Waals surface area contributed by atoms with Gasteiger partial charge in [0.2, 0.25) is 0 Å². The van der Waals surface area contributed by atoms with Crippen LogP contribution in [-0.4, -0.2) is 0 Å². The minimum absolute atomic E-state index is 0.236. The van der Waals surface area contributed by atoms with Gasteiger partial charge in [-0.05, 0) is 60.7 Å². The van der Waals surface area contributed by atoms with E-state index in [0.29, 0.717) is 5.56 Å². The average molecular weight is 328 g/mol. The maximum atomic E-state index is 14.2. The van der Waals surface area contributed by atoms with Crippen molar-refractivity contribution in [2.24, 2.45) is 0 Å². The molecular weight excluding hydrogens is 307 g/mol. The van der Waals surface area contributed by atoms with Crippen LogP contribution in [0.15, 0.2) is 60.7 Å². The van der Waals surface area contributed by atoms with E-state index in [4.69, 9.17) is 0 Å². The van der Waals surface area contributed by atoms with Gasteiger partial charge in [0.1, 0.15) is 5.82 Å². The number of benzene rings is 3. The Balaban J connectivity index is 1.88. The summed E-state index contributed by atoms with van der Waals surface area (Å²) in [6.45, 7) is 6.01. The Morgan fingerprint density at radius 3 is 1.96 bits per heavy atom. The zero-order valence-electron chi connectivity index (χ0n) is 14.9. The first-order chi connectivity index (χ1) is 12.1. The van der Waals surface area contributed by atoms with E-state index in [-0.39, 0.29) is 5.82 Å². The largest absolute Gasteiger partial charge is 0.206 e. The van der Waals surface area contributed by atoms with Gasteiger partial charge in [0.15, 0.2) is 0 Å². The van der Waals surface area contributed by atoms with Crippen LogP contribution in [-0.2, 0) is 6.42 Å². The third-order valence-electron chi connectivity index (χ3n) is 4.30. The fraction of sp³-hybridized carbons (Fsp3) is 0.167. The normalized spacial score (nSPS) is 10.2. The first kappa shape index (κ1) is 17.0. The zero-order chi connectivity index (χ0) is 17.8. The van der Waals surface area contributed by atoms with E-state index in [9.17, 15) is 4.39 Å². The third-order valence-corrected chi connectivity index (χ3v) is 4.30. The molecule has 0 aliphatic carbocycles. The molecule has 0 fully saturated rings. The smallest absolute Gasteiger partial charge is 0.139 e. The molecule has 3 aromatic rings. The van der Waals surface area contributed by atoms with Gasteiger partial charge in [-0.1, -0.05) is 66.8 Å². The fourth-order valence-electron chi connectivity index (χ4n) is 2.86. The Bertz CT molecular complexity index is 936. The SMILES string of the molecule is CCc1cc(C)cc(F)c1C#Cc1ccc(-c2ccc(C)cc2)cc1. The lowest BCUT2D eigenvalue weighted by Crippen LogP contribution is -1.94. The molecule has 25 heavy (non-hydrogen) atoms. The molecule has 0 aliphatic heterocycles. The number of halogens is 1. The third kappa shape index (κ3) is 3.98. The molecule has 0 N–H and O–H groups in total. The van der Waals surface area contributed by atoms with Gasteiger partial charge in [0, 0.05) is 5.56 Å². The first-order valence-electron chi connectivity index (χ1n) is 8.55. The molecule has 0 nitrogen and oxygen atoms in total. The van der Waals surface area contributed by atoms with Crippen molar-refractivity contribution in [3.63, 3.8) is 0 Å². The molecular formula is C24H21F. The van der Waals surface area contributed by atoms with Crippen LogP contribution in [0.5, 0.6) is 0 Å². The molecule has 0 saturated carbocycles. The van der Waals surface area contributed by atoms with Crippen LogP contribution >= 0.6 is 0 Å². The van der Waals surface area contributed by atoms with E-state index in [2.05, 4.69) is 55.2 Å². The Morgan fingerprint density at radius 1 is 0.760 bits per heavy atom. The van der Waals surface area contributed by atoms with Crippen LogP contribution in [0.4, 0.5) is 4.39 Å². The molecule has 0 aliphatic rings. The fourth-order valence-corrected chi connectivity index (χ4v) is 2.86. The van der Waals surface area contributed by atoms with Gasteiger partial charge in [0.05, 0.1) is 5.56 Å². The highest BCUT2D eigenvalue weighted by Gasteiger charge is 2.06. The van der Waals surface area contributed by atoms with Crippen molar-refractivity contribution in [1.82, 2.24) is 0 Å². The van der Waals surface area contributed by atoms with E-state index in [1.165, 1.54) is 11.1 Å². The number of rotatable bonds is 2. The lowest BCUT2D eigenvalue weighted by molar-refractivity contribution is 0.620. The van der Waals surface area contributed by atoms with Gasteiger partial charge < -0.3 is 0 Å². The Morgan fingerprint density at radius 2 is 1.36 bits per heavy atom. The van der Waals surface area contributed by atoms with Crippen LogP contribution in [0, 0.1) is 31.5 Å². The average Bonchev–Trinajstić information content (AvgIpc) is 2.61. The molecule has 0 atom stereocenters. The van der Waals surface area contributed by atoms with E-state index in [1.54, 1.807) is 6.07 Å². The van der Waals surface area contributed by atoms with Gasteiger partial charge in [-0.3, -0.25) is 0 Å². The predicted molar refractivity (Wildman–Crippen MR) is 103 cm³/mol. The summed E-state index contributed by atoms with van der Waals surface area (Å²) in [5.41, 5.74) is 6.87. The standard InChI is InChI=1S/C24H21F/c1-4-20-15-18(3)16-24(25)23(20)14-9-19-7-12-22(13-8-19)21-10-5-17(2)6-11-21/h5-8,10-13,15-16H,4H2,1-3H3. The second kappa shape index (κ2) is 7.36. The topological polar surface area (TPSA) is 0 Å². The minimum Gasteiger partial charge on any atom is -0.206 e. The van der Waals surface area contributed by atoms with Crippen LogP contribution in [0.1, 0.15) is 34.7 Å². The van der Waals surface area contributed by atoms with Crippen molar-refractivity contribution < 1.29 is 4.39 Å². The number of hydrogen-bond donors (Lipinski definition) is 0. The molecule has 0 bridgehead atoms. The molecule has 3 aromatic carbocycles. The zero-order valence-corrected chi connectivity index (χ0v) is 14.9. The quantitative estimate of drug-likeness (QED) is 0.501. The summed E-state index contributed by atoms with van der Waals surface area (Å²) in [7, 11) is 0. The van der Waals surface area contributed by atoms with Crippen LogP contribution < -0.4 is 0 Å². The molecule has 0 radical (unpaired) electrons. The van der Waals surface area contributed by atoms with Gasteiger partial charge in [-0.25, -0.2) is 4.39 Å². The van der Waals surface area contributed by atoms with Crippen molar-refractivity contribution in [3.05, 3.63) is 94.3 Å².